The van der Waals surface area contributed by atoms with Crippen LogP contribution in [0.1, 0.15) is 46.5 Å². The van der Waals surface area contributed by atoms with E-state index in [1.165, 1.54) is 17.7 Å². The second kappa shape index (κ2) is 8.01. The normalized spacial score (nSPS) is 15.6. The molecule has 0 aliphatic heterocycles. The second-order valence-corrected chi connectivity index (χ2v) is 6.32. The highest BCUT2D eigenvalue weighted by atomic mass is 16.7. The SMILES string of the molecule is CON(C)C(=C=O)[C@H](CC1=CCCC1)NC(=O)OC(C)(C)C. The number of ether oxygens (including phenoxy) is 1. The Bertz CT molecular complexity index is 473. The van der Waals surface area contributed by atoms with Crippen LogP contribution < -0.4 is 5.32 Å². The molecule has 0 aromatic carbocycles. The van der Waals surface area contributed by atoms with E-state index in [0.717, 1.165) is 19.3 Å². The number of rotatable bonds is 6. The summed E-state index contributed by atoms with van der Waals surface area (Å²) in [5.74, 6) is 1.87. The molecular formula is C16H26N2O4. The van der Waals surface area contributed by atoms with E-state index in [9.17, 15) is 9.59 Å². The van der Waals surface area contributed by atoms with Crippen LogP contribution in [0.3, 0.4) is 0 Å². The Kier molecular flexibility index (Phi) is 6.65. The highest BCUT2D eigenvalue weighted by Crippen LogP contribution is 2.24. The molecule has 0 aromatic rings. The molecule has 124 valence electrons. The second-order valence-electron chi connectivity index (χ2n) is 6.32. The number of carbonyl (C=O) groups excluding carboxylic acids is 2. The van der Waals surface area contributed by atoms with Gasteiger partial charge in [-0.05, 0) is 46.5 Å². The van der Waals surface area contributed by atoms with Crippen LogP contribution in [0.15, 0.2) is 17.3 Å². The number of hydrogen-bond donors (Lipinski definition) is 1. The molecule has 0 bridgehead atoms. The molecule has 6 heteroatoms. The Labute approximate surface area is 132 Å². The molecule has 0 unspecified atom stereocenters. The Hall–Kier alpha value is -1.78. The summed E-state index contributed by atoms with van der Waals surface area (Å²) in [5, 5.41) is 4.05. The smallest absolute Gasteiger partial charge is 0.408 e. The standard InChI is InChI=1S/C16H26N2O4/c1-16(2,3)22-15(20)17-13(10-12-8-6-7-9-12)14(11-19)18(4)21-5/h8,13H,6-7,9-10H2,1-5H3,(H,17,20)/t13-/m0/s1. The van der Waals surface area contributed by atoms with Gasteiger partial charge in [0.25, 0.3) is 0 Å². The summed E-state index contributed by atoms with van der Waals surface area (Å²) in [5.41, 5.74) is 0.860. The van der Waals surface area contributed by atoms with Crippen molar-refractivity contribution < 1.29 is 19.2 Å². The van der Waals surface area contributed by atoms with Crippen molar-refractivity contribution in [1.29, 1.82) is 0 Å². The van der Waals surface area contributed by atoms with Gasteiger partial charge in [0.05, 0.1) is 13.2 Å². The van der Waals surface area contributed by atoms with Crippen molar-refractivity contribution in [1.82, 2.24) is 10.4 Å². The number of nitrogens with one attached hydrogen (secondary N) is 1. The summed E-state index contributed by atoms with van der Waals surface area (Å²) < 4.78 is 5.27. The van der Waals surface area contributed by atoms with E-state index in [1.807, 2.05) is 5.94 Å². The Balaban J connectivity index is 2.85. The molecule has 22 heavy (non-hydrogen) atoms. The number of hydrogen-bond acceptors (Lipinski definition) is 5. The third kappa shape index (κ3) is 5.92. The lowest BCUT2D eigenvalue weighted by Crippen LogP contribution is -2.43. The van der Waals surface area contributed by atoms with Crippen LogP contribution in [0.4, 0.5) is 4.79 Å². The maximum atomic E-state index is 12.0. The van der Waals surface area contributed by atoms with Gasteiger partial charge in [-0.25, -0.2) is 14.7 Å². The zero-order valence-corrected chi connectivity index (χ0v) is 14.1. The van der Waals surface area contributed by atoms with Crippen molar-refractivity contribution in [3.05, 3.63) is 17.3 Å². The van der Waals surface area contributed by atoms with E-state index in [1.54, 1.807) is 27.8 Å². The molecule has 1 aliphatic carbocycles. The minimum Gasteiger partial charge on any atom is -0.444 e. The van der Waals surface area contributed by atoms with Gasteiger partial charge in [-0.1, -0.05) is 11.6 Å². The maximum Gasteiger partial charge on any atom is 0.408 e. The lowest BCUT2D eigenvalue weighted by Gasteiger charge is -2.27. The summed E-state index contributed by atoms with van der Waals surface area (Å²) in [6.45, 7) is 5.37. The molecule has 0 aromatic heterocycles. The first-order valence-corrected chi connectivity index (χ1v) is 7.47. The summed E-state index contributed by atoms with van der Waals surface area (Å²) >= 11 is 0. The van der Waals surface area contributed by atoms with E-state index in [0.29, 0.717) is 6.42 Å². The topological polar surface area (TPSA) is 67.9 Å². The number of nitrogens with zero attached hydrogens (tertiary/aromatic N) is 1. The minimum absolute atomic E-state index is 0.237. The largest absolute Gasteiger partial charge is 0.444 e. The lowest BCUT2D eigenvalue weighted by atomic mass is 10.0. The van der Waals surface area contributed by atoms with Crippen molar-refractivity contribution >= 4 is 12.0 Å². The molecule has 0 saturated heterocycles. The number of allylic oxidation sites excluding steroid dienone is 1. The van der Waals surface area contributed by atoms with E-state index in [4.69, 9.17) is 9.57 Å². The fraction of sp³-hybridized carbons (Fsp3) is 0.688. The van der Waals surface area contributed by atoms with E-state index in [-0.39, 0.29) is 5.70 Å². The molecule has 1 aliphatic rings. The molecule has 0 spiro atoms. The molecule has 1 atom stereocenters. The zero-order valence-electron chi connectivity index (χ0n) is 14.1. The van der Waals surface area contributed by atoms with Crippen LogP contribution in [0.5, 0.6) is 0 Å². The predicted molar refractivity (Wildman–Crippen MR) is 83.7 cm³/mol. The fourth-order valence-corrected chi connectivity index (χ4v) is 2.30. The van der Waals surface area contributed by atoms with E-state index in [2.05, 4.69) is 11.4 Å². The summed E-state index contributed by atoms with van der Waals surface area (Å²) in [7, 11) is 3.06. The maximum absolute atomic E-state index is 12.0. The molecule has 6 nitrogen and oxygen atoms in total. The van der Waals surface area contributed by atoms with Crippen molar-refractivity contribution in [2.24, 2.45) is 0 Å². The van der Waals surface area contributed by atoms with Gasteiger partial charge in [-0.15, -0.1) is 0 Å². The van der Waals surface area contributed by atoms with E-state index < -0.39 is 17.7 Å². The van der Waals surface area contributed by atoms with Crippen molar-refractivity contribution in [3.8, 4) is 0 Å². The van der Waals surface area contributed by atoms with Gasteiger partial charge >= 0.3 is 6.09 Å². The van der Waals surface area contributed by atoms with Gasteiger partial charge in [0, 0.05) is 7.05 Å². The highest BCUT2D eigenvalue weighted by molar-refractivity contribution is 5.70. The fourth-order valence-electron chi connectivity index (χ4n) is 2.30. The van der Waals surface area contributed by atoms with Gasteiger partial charge in [-0.2, -0.15) is 0 Å². The van der Waals surface area contributed by atoms with Crippen LogP contribution in [-0.2, 0) is 14.4 Å². The Morgan fingerprint density at radius 1 is 1.50 bits per heavy atom. The first-order valence-electron chi connectivity index (χ1n) is 7.47. The zero-order chi connectivity index (χ0) is 16.8. The quantitative estimate of drug-likeness (QED) is 0.464. The number of likely N-dealkylation sites (N-methyl/N-ethyl adjacent to an activating group) is 1. The van der Waals surface area contributed by atoms with Crippen LogP contribution in [0.25, 0.3) is 0 Å². The van der Waals surface area contributed by atoms with Crippen LogP contribution in [0.2, 0.25) is 0 Å². The average molecular weight is 310 g/mol. The summed E-state index contributed by atoms with van der Waals surface area (Å²) in [6, 6.07) is -0.526. The number of hydroxylamine groups is 2. The number of carbonyl (C=O) groups is 1. The van der Waals surface area contributed by atoms with Gasteiger partial charge in [-0.3, -0.25) is 4.84 Å². The van der Waals surface area contributed by atoms with Gasteiger partial charge < -0.3 is 10.1 Å². The van der Waals surface area contributed by atoms with Gasteiger partial charge in [0.1, 0.15) is 17.2 Å². The molecule has 0 radical (unpaired) electrons. The Morgan fingerprint density at radius 2 is 2.18 bits per heavy atom. The summed E-state index contributed by atoms with van der Waals surface area (Å²) in [4.78, 5) is 28.4. The van der Waals surface area contributed by atoms with Crippen molar-refractivity contribution in [3.63, 3.8) is 0 Å². The minimum atomic E-state index is -0.598. The van der Waals surface area contributed by atoms with Crippen molar-refractivity contribution in [2.45, 2.75) is 58.1 Å². The monoisotopic (exact) mass is 310 g/mol. The van der Waals surface area contributed by atoms with Gasteiger partial charge in [0.2, 0.25) is 0 Å². The van der Waals surface area contributed by atoms with Crippen LogP contribution in [-0.4, -0.2) is 42.9 Å². The predicted octanol–water partition coefficient (Wildman–Crippen LogP) is 2.59. The number of amides is 1. The van der Waals surface area contributed by atoms with E-state index >= 15 is 0 Å². The van der Waals surface area contributed by atoms with Crippen LogP contribution >= 0.6 is 0 Å². The van der Waals surface area contributed by atoms with Crippen molar-refractivity contribution in [2.75, 3.05) is 14.2 Å². The Morgan fingerprint density at radius 3 is 2.64 bits per heavy atom. The highest BCUT2D eigenvalue weighted by Gasteiger charge is 2.26. The molecule has 0 fully saturated rings. The molecule has 0 heterocycles. The molecule has 1 rings (SSSR count). The van der Waals surface area contributed by atoms with Gasteiger partial charge in [0.15, 0.2) is 0 Å². The molecular weight excluding hydrogens is 284 g/mol. The molecule has 0 saturated carbocycles. The first-order chi connectivity index (χ1) is 10.3. The number of alkyl carbamates (subject to hydrolysis) is 1. The third-order valence-corrected chi connectivity index (χ3v) is 3.34. The summed E-state index contributed by atoms with van der Waals surface area (Å²) in [6.07, 6.45) is 5.27. The van der Waals surface area contributed by atoms with Crippen LogP contribution in [0, 0.1) is 0 Å². The molecule has 1 amide bonds. The lowest BCUT2D eigenvalue weighted by molar-refractivity contribution is -0.0815. The molecule has 1 N–H and O–H groups in total. The third-order valence-electron chi connectivity index (χ3n) is 3.34. The first kappa shape index (κ1) is 18.3. The average Bonchev–Trinajstić information content (AvgIpc) is 2.89.